The zero-order valence-electron chi connectivity index (χ0n) is 10.7. The van der Waals surface area contributed by atoms with Crippen LogP contribution >= 0.6 is 15.9 Å². The van der Waals surface area contributed by atoms with Gasteiger partial charge in [0.15, 0.2) is 0 Å². The van der Waals surface area contributed by atoms with Crippen molar-refractivity contribution in [2.24, 2.45) is 0 Å². The molecule has 100 valence electrons. The predicted octanol–water partition coefficient (Wildman–Crippen LogP) is 3.21. The van der Waals surface area contributed by atoms with E-state index in [0.717, 1.165) is 5.75 Å². The molecule has 0 aromatic heterocycles. The molecule has 0 spiro atoms. The molecule has 4 nitrogen and oxygen atoms in total. The second-order valence-corrected chi connectivity index (χ2v) is 4.30. The molecule has 0 fully saturated rings. The second-order valence-electron chi connectivity index (χ2n) is 3.51. The number of hydrogen-bond acceptors (Lipinski definition) is 3. The Hall–Kier alpha value is -1.23. The number of nitrogens with one attached hydrogen (secondary N) is 1. The number of halogens is 1. The first kappa shape index (κ1) is 14.8. The van der Waals surface area contributed by atoms with Gasteiger partial charge in [-0.3, -0.25) is 4.79 Å². The Labute approximate surface area is 116 Å². The van der Waals surface area contributed by atoms with Crippen molar-refractivity contribution in [1.82, 2.24) is 0 Å². The molecule has 0 saturated carbocycles. The van der Waals surface area contributed by atoms with Crippen LogP contribution < -0.4 is 14.8 Å². The summed E-state index contributed by atoms with van der Waals surface area (Å²) in [6.07, 6.45) is 0.421. The van der Waals surface area contributed by atoms with E-state index in [1.54, 1.807) is 12.1 Å². The highest BCUT2D eigenvalue weighted by atomic mass is 79.9. The number of ether oxygens (including phenoxy) is 2. The molecule has 1 amide bonds. The van der Waals surface area contributed by atoms with E-state index in [9.17, 15) is 4.79 Å². The summed E-state index contributed by atoms with van der Waals surface area (Å²) in [5.74, 6) is 1.32. The predicted molar refractivity (Wildman–Crippen MR) is 75.8 cm³/mol. The van der Waals surface area contributed by atoms with E-state index < -0.39 is 0 Å². The van der Waals surface area contributed by atoms with Crippen LogP contribution in [0.25, 0.3) is 0 Å². The van der Waals surface area contributed by atoms with Crippen molar-refractivity contribution in [1.29, 1.82) is 0 Å². The number of amides is 1. The Morgan fingerprint density at radius 3 is 2.61 bits per heavy atom. The van der Waals surface area contributed by atoms with E-state index >= 15 is 0 Å². The van der Waals surface area contributed by atoms with Gasteiger partial charge in [-0.2, -0.15) is 0 Å². The molecule has 0 heterocycles. The topological polar surface area (TPSA) is 47.6 Å². The fourth-order valence-corrected chi connectivity index (χ4v) is 1.80. The van der Waals surface area contributed by atoms with Gasteiger partial charge in [-0.1, -0.05) is 15.9 Å². The molecule has 0 aliphatic rings. The molecular formula is C13H18BrNO3. The first-order valence-corrected chi connectivity index (χ1v) is 7.08. The smallest absolute Gasteiger partial charge is 0.225 e. The molecule has 0 saturated heterocycles. The van der Waals surface area contributed by atoms with Crippen LogP contribution in [0.15, 0.2) is 18.2 Å². The summed E-state index contributed by atoms with van der Waals surface area (Å²) >= 11 is 3.24. The molecule has 18 heavy (non-hydrogen) atoms. The average Bonchev–Trinajstić information content (AvgIpc) is 2.33. The van der Waals surface area contributed by atoms with E-state index in [4.69, 9.17) is 9.47 Å². The van der Waals surface area contributed by atoms with Gasteiger partial charge in [-0.15, -0.1) is 0 Å². The SMILES string of the molecule is CCOc1ccc(OCC)c(NC(=O)CCBr)c1. The maximum atomic E-state index is 11.6. The maximum absolute atomic E-state index is 11.6. The van der Waals surface area contributed by atoms with Crippen molar-refractivity contribution in [2.75, 3.05) is 23.9 Å². The molecule has 0 unspecified atom stereocenters. The molecule has 0 radical (unpaired) electrons. The Bertz CT molecular complexity index is 396. The van der Waals surface area contributed by atoms with Crippen molar-refractivity contribution in [3.8, 4) is 11.5 Å². The lowest BCUT2D eigenvalue weighted by atomic mass is 10.2. The molecule has 0 atom stereocenters. The van der Waals surface area contributed by atoms with Gasteiger partial charge in [0, 0.05) is 17.8 Å². The summed E-state index contributed by atoms with van der Waals surface area (Å²) in [5.41, 5.74) is 0.647. The average molecular weight is 316 g/mol. The van der Waals surface area contributed by atoms with Crippen LogP contribution in [0.1, 0.15) is 20.3 Å². The zero-order chi connectivity index (χ0) is 13.4. The van der Waals surface area contributed by atoms with Crippen molar-refractivity contribution >= 4 is 27.5 Å². The lowest BCUT2D eigenvalue weighted by molar-refractivity contribution is -0.115. The highest BCUT2D eigenvalue weighted by Crippen LogP contribution is 2.29. The van der Waals surface area contributed by atoms with Gasteiger partial charge in [0.2, 0.25) is 5.91 Å². The third-order valence-corrected chi connectivity index (χ3v) is 2.55. The summed E-state index contributed by atoms with van der Waals surface area (Å²) in [6, 6.07) is 5.41. The van der Waals surface area contributed by atoms with E-state index in [1.807, 2.05) is 19.9 Å². The van der Waals surface area contributed by atoms with E-state index in [1.165, 1.54) is 0 Å². The molecule has 5 heteroatoms. The van der Waals surface area contributed by atoms with E-state index in [2.05, 4.69) is 21.2 Å². The van der Waals surface area contributed by atoms with Gasteiger partial charge < -0.3 is 14.8 Å². The maximum Gasteiger partial charge on any atom is 0.225 e. The van der Waals surface area contributed by atoms with Crippen LogP contribution in [0.4, 0.5) is 5.69 Å². The number of carbonyl (C=O) groups excluding carboxylic acids is 1. The Balaban J connectivity index is 2.88. The highest BCUT2D eigenvalue weighted by molar-refractivity contribution is 9.09. The first-order valence-electron chi connectivity index (χ1n) is 5.96. The fraction of sp³-hybridized carbons (Fsp3) is 0.462. The van der Waals surface area contributed by atoms with Crippen LogP contribution in [-0.2, 0) is 4.79 Å². The van der Waals surface area contributed by atoms with Crippen molar-refractivity contribution < 1.29 is 14.3 Å². The van der Waals surface area contributed by atoms with Gasteiger partial charge >= 0.3 is 0 Å². The molecule has 1 aromatic rings. The van der Waals surface area contributed by atoms with Gasteiger partial charge in [0.25, 0.3) is 0 Å². The minimum Gasteiger partial charge on any atom is -0.494 e. The van der Waals surface area contributed by atoms with Crippen LogP contribution in [-0.4, -0.2) is 24.5 Å². The number of hydrogen-bond donors (Lipinski definition) is 1. The lowest BCUT2D eigenvalue weighted by Gasteiger charge is -2.13. The minimum atomic E-state index is -0.0542. The normalized spacial score (nSPS) is 9.94. The number of anilines is 1. The van der Waals surface area contributed by atoms with Crippen molar-refractivity contribution in [3.05, 3.63) is 18.2 Å². The number of benzene rings is 1. The van der Waals surface area contributed by atoms with Crippen molar-refractivity contribution in [3.63, 3.8) is 0 Å². The van der Waals surface area contributed by atoms with Gasteiger partial charge in [-0.05, 0) is 26.0 Å². The number of alkyl halides is 1. The monoisotopic (exact) mass is 315 g/mol. The molecule has 0 aliphatic heterocycles. The number of rotatable bonds is 7. The Morgan fingerprint density at radius 2 is 2.00 bits per heavy atom. The van der Waals surface area contributed by atoms with Gasteiger partial charge in [0.05, 0.1) is 18.9 Å². The highest BCUT2D eigenvalue weighted by Gasteiger charge is 2.09. The molecule has 0 bridgehead atoms. The van der Waals surface area contributed by atoms with Crippen LogP contribution in [0.5, 0.6) is 11.5 Å². The standard InChI is InChI=1S/C13H18BrNO3/c1-3-17-10-5-6-12(18-4-2)11(9-10)15-13(16)7-8-14/h5-6,9H,3-4,7-8H2,1-2H3,(H,15,16). The summed E-state index contributed by atoms with van der Waals surface area (Å²) in [4.78, 5) is 11.6. The molecule has 1 N–H and O–H groups in total. The molecular weight excluding hydrogens is 298 g/mol. The Kier molecular flexibility index (Phi) is 6.57. The summed E-state index contributed by atoms with van der Waals surface area (Å²) in [5, 5.41) is 3.45. The van der Waals surface area contributed by atoms with E-state index in [-0.39, 0.29) is 5.91 Å². The largest absolute Gasteiger partial charge is 0.494 e. The van der Waals surface area contributed by atoms with Crippen LogP contribution in [0, 0.1) is 0 Å². The Morgan fingerprint density at radius 1 is 1.28 bits per heavy atom. The lowest BCUT2D eigenvalue weighted by Crippen LogP contribution is -2.13. The zero-order valence-corrected chi connectivity index (χ0v) is 12.2. The summed E-state index contributed by atoms with van der Waals surface area (Å²) in [6.45, 7) is 4.96. The first-order chi connectivity index (χ1) is 8.71. The fourth-order valence-electron chi connectivity index (χ4n) is 1.44. The number of carbonyl (C=O) groups is 1. The second kappa shape index (κ2) is 7.97. The summed E-state index contributed by atoms with van der Waals surface area (Å²) in [7, 11) is 0. The molecule has 0 aliphatic carbocycles. The third kappa shape index (κ3) is 4.56. The third-order valence-electron chi connectivity index (χ3n) is 2.16. The van der Waals surface area contributed by atoms with Crippen LogP contribution in [0.2, 0.25) is 0 Å². The van der Waals surface area contributed by atoms with E-state index in [0.29, 0.717) is 36.4 Å². The molecule has 1 aromatic carbocycles. The van der Waals surface area contributed by atoms with Gasteiger partial charge in [-0.25, -0.2) is 0 Å². The minimum absolute atomic E-state index is 0.0542. The van der Waals surface area contributed by atoms with Crippen LogP contribution in [0.3, 0.4) is 0 Å². The van der Waals surface area contributed by atoms with Gasteiger partial charge in [0.1, 0.15) is 11.5 Å². The van der Waals surface area contributed by atoms with Crippen molar-refractivity contribution in [2.45, 2.75) is 20.3 Å². The molecule has 1 rings (SSSR count). The quantitative estimate of drug-likeness (QED) is 0.786. The summed E-state index contributed by atoms with van der Waals surface area (Å²) < 4.78 is 10.9.